The van der Waals surface area contributed by atoms with Crippen LogP contribution in [0.3, 0.4) is 0 Å². The fourth-order valence-electron chi connectivity index (χ4n) is 3.41. The van der Waals surface area contributed by atoms with E-state index in [0.29, 0.717) is 39.8 Å². The lowest BCUT2D eigenvalue weighted by molar-refractivity contribution is 0.0696. The lowest BCUT2D eigenvalue weighted by Gasteiger charge is -2.15. The van der Waals surface area contributed by atoms with Gasteiger partial charge in [0.25, 0.3) is 5.91 Å². The summed E-state index contributed by atoms with van der Waals surface area (Å²) >= 11 is 12.7. The number of hydrogen-bond donors (Lipinski definition) is 2. The van der Waals surface area contributed by atoms with E-state index in [4.69, 9.17) is 32.7 Å². The molecule has 0 aliphatic heterocycles. The summed E-state index contributed by atoms with van der Waals surface area (Å²) in [7, 11) is 0. The van der Waals surface area contributed by atoms with Gasteiger partial charge in [-0.15, -0.1) is 0 Å². The molecular weight excluding hydrogens is 489 g/mol. The van der Waals surface area contributed by atoms with Crippen molar-refractivity contribution in [3.63, 3.8) is 0 Å². The molecule has 2 N–H and O–H groups in total. The SMILES string of the molecule is CCCOc1ccc(-c2cc(C(=O)O)ccc2Cl)cc1CNC(=O)c1ccc(OC(C)C)cc1Cl. The lowest BCUT2D eigenvalue weighted by Crippen LogP contribution is -2.23. The van der Waals surface area contributed by atoms with Crippen LogP contribution < -0.4 is 14.8 Å². The second-order valence-electron chi connectivity index (χ2n) is 8.16. The Morgan fingerprint density at radius 2 is 1.77 bits per heavy atom. The third-order valence-corrected chi connectivity index (χ3v) is 5.69. The van der Waals surface area contributed by atoms with Crippen LogP contribution in [0.1, 0.15) is 53.5 Å². The van der Waals surface area contributed by atoms with Crippen LogP contribution in [0.5, 0.6) is 11.5 Å². The third-order valence-electron chi connectivity index (χ3n) is 5.04. The molecule has 6 nitrogen and oxygen atoms in total. The Balaban J connectivity index is 1.87. The molecule has 0 saturated carbocycles. The van der Waals surface area contributed by atoms with Crippen molar-refractivity contribution >= 4 is 35.1 Å². The Morgan fingerprint density at radius 3 is 2.43 bits per heavy atom. The van der Waals surface area contributed by atoms with E-state index >= 15 is 0 Å². The number of hydrogen-bond acceptors (Lipinski definition) is 4. The van der Waals surface area contributed by atoms with Crippen molar-refractivity contribution in [2.45, 2.75) is 39.8 Å². The Kier molecular flexibility index (Phi) is 9.01. The fourth-order valence-corrected chi connectivity index (χ4v) is 3.90. The summed E-state index contributed by atoms with van der Waals surface area (Å²) in [6.45, 7) is 6.50. The van der Waals surface area contributed by atoms with Gasteiger partial charge in [0.2, 0.25) is 0 Å². The number of rotatable bonds is 10. The maximum Gasteiger partial charge on any atom is 0.335 e. The van der Waals surface area contributed by atoms with Crippen molar-refractivity contribution in [3.05, 3.63) is 81.3 Å². The number of aromatic carboxylic acids is 1. The van der Waals surface area contributed by atoms with Crippen LogP contribution in [-0.2, 0) is 6.54 Å². The Morgan fingerprint density at radius 1 is 1.00 bits per heavy atom. The van der Waals surface area contributed by atoms with Crippen molar-refractivity contribution in [2.75, 3.05) is 6.61 Å². The molecule has 0 radical (unpaired) electrons. The van der Waals surface area contributed by atoms with Crippen LogP contribution in [0, 0.1) is 0 Å². The summed E-state index contributed by atoms with van der Waals surface area (Å²) in [5.74, 6) is -0.179. The van der Waals surface area contributed by atoms with Gasteiger partial charge in [-0.05, 0) is 74.4 Å². The maximum atomic E-state index is 12.9. The topological polar surface area (TPSA) is 84.9 Å². The molecule has 0 atom stereocenters. The second-order valence-corrected chi connectivity index (χ2v) is 8.98. The molecule has 0 spiro atoms. The molecule has 0 fully saturated rings. The standard InChI is InChI=1S/C27H27Cl2NO5/c1-4-11-34-25-10-6-17(22-13-18(27(32)33)5-9-23(22)28)12-19(25)15-30-26(31)21-8-7-20(14-24(21)29)35-16(2)3/h5-10,12-14,16H,4,11,15H2,1-3H3,(H,30,31)(H,32,33). The molecule has 0 aromatic heterocycles. The minimum Gasteiger partial charge on any atom is -0.493 e. The number of amides is 1. The minimum absolute atomic E-state index is 0.00995. The van der Waals surface area contributed by atoms with E-state index in [1.54, 1.807) is 30.3 Å². The third kappa shape index (κ3) is 6.90. The Labute approximate surface area is 214 Å². The molecule has 0 unspecified atom stereocenters. The summed E-state index contributed by atoms with van der Waals surface area (Å²) in [6.07, 6.45) is 0.810. The van der Waals surface area contributed by atoms with Gasteiger partial charge in [0.15, 0.2) is 0 Å². The molecule has 0 saturated heterocycles. The Bertz CT molecular complexity index is 1230. The fraction of sp³-hybridized carbons (Fsp3) is 0.259. The zero-order valence-corrected chi connectivity index (χ0v) is 21.2. The zero-order valence-electron chi connectivity index (χ0n) is 19.7. The average Bonchev–Trinajstić information content (AvgIpc) is 2.81. The molecule has 8 heteroatoms. The zero-order chi connectivity index (χ0) is 25.5. The van der Waals surface area contributed by atoms with Gasteiger partial charge in [0.1, 0.15) is 11.5 Å². The summed E-state index contributed by atoms with van der Waals surface area (Å²) in [4.78, 5) is 24.3. The highest BCUT2D eigenvalue weighted by atomic mass is 35.5. The molecular formula is C27H27Cl2NO5. The number of carboxylic acids is 1. The van der Waals surface area contributed by atoms with E-state index in [-0.39, 0.29) is 29.1 Å². The molecule has 35 heavy (non-hydrogen) atoms. The van der Waals surface area contributed by atoms with Gasteiger partial charge in [0.05, 0.1) is 28.9 Å². The van der Waals surface area contributed by atoms with E-state index in [0.717, 1.165) is 12.0 Å². The van der Waals surface area contributed by atoms with Crippen LogP contribution in [0.25, 0.3) is 11.1 Å². The van der Waals surface area contributed by atoms with Crippen LogP contribution in [0.15, 0.2) is 54.6 Å². The second kappa shape index (κ2) is 12.0. The normalized spacial score (nSPS) is 10.8. The van der Waals surface area contributed by atoms with Crippen LogP contribution in [-0.4, -0.2) is 29.7 Å². The van der Waals surface area contributed by atoms with Gasteiger partial charge in [-0.1, -0.05) is 36.2 Å². The quantitative estimate of drug-likeness (QED) is 0.307. The van der Waals surface area contributed by atoms with E-state index in [1.165, 1.54) is 12.1 Å². The van der Waals surface area contributed by atoms with Gasteiger partial charge in [-0.25, -0.2) is 4.79 Å². The Hall–Kier alpha value is -3.22. The van der Waals surface area contributed by atoms with E-state index in [9.17, 15) is 14.7 Å². The first-order valence-corrected chi connectivity index (χ1v) is 12.0. The molecule has 0 heterocycles. The van der Waals surface area contributed by atoms with E-state index in [1.807, 2.05) is 32.9 Å². The maximum absolute atomic E-state index is 12.9. The van der Waals surface area contributed by atoms with Crippen LogP contribution in [0.2, 0.25) is 10.0 Å². The van der Waals surface area contributed by atoms with Gasteiger partial charge >= 0.3 is 5.97 Å². The highest BCUT2D eigenvalue weighted by Gasteiger charge is 2.15. The predicted molar refractivity (Wildman–Crippen MR) is 138 cm³/mol. The first-order chi connectivity index (χ1) is 16.7. The van der Waals surface area contributed by atoms with Crippen molar-refractivity contribution in [1.82, 2.24) is 5.32 Å². The number of carbonyl (C=O) groups excluding carboxylic acids is 1. The minimum atomic E-state index is -1.04. The summed E-state index contributed by atoms with van der Waals surface area (Å²) in [5, 5.41) is 12.9. The number of halogens is 2. The van der Waals surface area contributed by atoms with Crippen molar-refractivity contribution in [3.8, 4) is 22.6 Å². The molecule has 0 aliphatic rings. The predicted octanol–water partition coefficient (Wildman–Crippen LogP) is 6.86. The number of nitrogens with one attached hydrogen (secondary N) is 1. The largest absolute Gasteiger partial charge is 0.493 e. The number of ether oxygens (including phenoxy) is 2. The van der Waals surface area contributed by atoms with Crippen LogP contribution >= 0.6 is 23.2 Å². The van der Waals surface area contributed by atoms with Gasteiger partial charge < -0.3 is 19.9 Å². The van der Waals surface area contributed by atoms with Gasteiger partial charge in [-0.2, -0.15) is 0 Å². The van der Waals surface area contributed by atoms with Gasteiger partial charge in [0, 0.05) is 22.7 Å². The molecule has 3 rings (SSSR count). The highest BCUT2D eigenvalue weighted by molar-refractivity contribution is 6.34. The van der Waals surface area contributed by atoms with Crippen molar-refractivity contribution in [2.24, 2.45) is 0 Å². The van der Waals surface area contributed by atoms with E-state index in [2.05, 4.69) is 5.32 Å². The summed E-state index contributed by atoms with van der Waals surface area (Å²) in [5.41, 5.74) is 2.46. The number of carboxylic acid groups (broad SMARTS) is 1. The molecule has 3 aromatic carbocycles. The first-order valence-electron chi connectivity index (χ1n) is 11.2. The molecule has 3 aromatic rings. The molecule has 1 amide bonds. The molecule has 184 valence electrons. The number of carbonyl (C=O) groups is 2. The summed E-state index contributed by atoms with van der Waals surface area (Å²) < 4.78 is 11.5. The average molecular weight is 516 g/mol. The highest BCUT2D eigenvalue weighted by Crippen LogP contribution is 2.33. The lowest BCUT2D eigenvalue weighted by atomic mass is 10.00. The smallest absolute Gasteiger partial charge is 0.335 e. The number of benzene rings is 3. The van der Waals surface area contributed by atoms with E-state index < -0.39 is 5.97 Å². The van der Waals surface area contributed by atoms with Gasteiger partial charge in [-0.3, -0.25) is 4.79 Å². The monoisotopic (exact) mass is 515 g/mol. The summed E-state index contributed by atoms with van der Waals surface area (Å²) in [6, 6.07) is 14.9. The van der Waals surface area contributed by atoms with Crippen LogP contribution in [0.4, 0.5) is 0 Å². The first kappa shape index (κ1) is 26.4. The van der Waals surface area contributed by atoms with Crippen molar-refractivity contribution in [1.29, 1.82) is 0 Å². The molecule has 0 aliphatic carbocycles. The molecule has 0 bridgehead atoms. The van der Waals surface area contributed by atoms with Crippen molar-refractivity contribution < 1.29 is 24.2 Å².